The fourth-order valence-corrected chi connectivity index (χ4v) is 3.60. The fraction of sp³-hybridized carbons (Fsp3) is 0.154. The van der Waals surface area contributed by atoms with E-state index in [0.29, 0.717) is 12.4 Å². The van der Waals surface area contributed by atoms with E-state index in [2.05, 4.69) is 20.3 Å². The molecule has 0 unspecified atom stereocenters. The van der Waals surface area contributed by atoms with Crippen LogP contribution in [0.3, 0.4) is 0 Å². The SMILES string of the molecule is CC(C)N=C(N)c1ccc2nc(-c3ccc(OCc4cn(-c5ccccc5)nn4)cc3)[nH]c2c1. The number of fused-ring (bicyclic) bond motifs is 1. The summed E-state index contributed by atoms with van der Waals surface area (Å²) in [7, 11) is 0. The molecule has 0 saturated heterocycles. The molecule has 0 fully saturated rings. The van der Waals surface area contributed by atoms with Crippen LogP contribution in [-0.2, 0) is 6.61 Å². The quantitative estimate of drug-likeness (QED) is 0.280. The molecule has 0 aliphatic rings. The van der Waals surface area contributed by atoms with Gasteiger partial charge in [-0.2, -0.15) is 0 Å². The first-order chi connectivity index (χ1) is 16.5. The third-order valence-corrected chi connectivity index (χ3v) is 5.25. The molecule has 0 aliphatic heterocycles. The second kappa shape index (κ2) is 9.19. The maximum absolute atomic E-state index is 6.12. The second-order valence-corrected chi connectivity index (χ2v) is 8.23. The highest BCUT2D eigenvalue weighted by Gasteiger charge is 2.09. The molecular weight excluding hydrogens is 426 g/mol. The molecule has 3 N–H and O–H groups in total. The molecule has 8 heteroatoms. The van der Waals surface area contributed by atoms with Crippen molar-refractivity contribution in [3.05, 3.63) is 90.3 Å². The Morgan fingerprint density at radius 2 is 1.85 bits per heavy atom. The van der Waals surface area contributed by atoms with Gasteiger partial charge >= 0.3 is 0 Å². The third kappa shape index (κ3) is 4.66. The predicted molar refractivity (Wildman–Crippen MR) is 133 cm³/mol. The Bertz CT molecular complexity index is 1430. The van der Waals surface area contributed by atoms with Gasteiger partial charge in [0.25, 0.3) is 0 Å². The zero-order valence-electron chi connectivity index (χ0n) is 19.0. The molecule has 170 valence electrons. The average Bonchev–Trinajstić information content (AvgIpc) is 3.50. The molecule has 0 saturated carbocycles. The van der Waals surface area contributed by atoms with E-state index in [4.69, 9.17) is 15.5 Å². The van der Waals surface area contributed by atoms with Crippen molar-refractivity contribution < 1.29 is 4.74 Å². The highest BCUT2D eigenvalue weighted by molar-refractivity contribution is 6.00. The van der Waals surface area contributed by atoms with E-state index in [0.717, 1.165) is 45.1 Å². The standard InChI is InChI=1S/C26H25N7O/c1-17(2)28-25(27)19-10-13-23-24(14-19)30-26(29-23)18-8-11-22(12-9-18)34-16-20-15-33(32-31-20)21-6-4-3-5-7-21/h3-15,17H,16H2,1-2H3,(H2,27,28)(H,29,30). The summed E-state index contributed by atoms with van der Waals surface area (Å²) in [6.07, 6.45) is 1.87. The first-order valence-electron chi connectivity index (χ1n) is 11.1. The lowest BCUT2D eigenvalue weighted by molar-refractivity contribution is 0.301. The zero-order chi connectivity index (χ0) is 23.5. The number of hydrogen-bond donors (Lipinski definition) is 2. The van der Waals surface area contributed by atoms with Gasteiger partial charge in [0.15, 0.2) is 0 Å². The molecule has 3 aromatic carbocycles. The van der Waals surface area contributed by atoms with Crippen molar-refractivity contribution in [1.29, 1.82) is 0 Å². The third-order valence-electron chi connectivity index (χ3n) is 5.25. The van der Waals surface area contributed by atoms with Gasteiger partial charge in [0.05, 0.1) is 22.9 Å². The lowest BCUT2D eigenvalue weighted by atomic mass is 10.2. The van der Waals surface area contributed by atoms with Crippen LogP contribution in [0.4, 0.5) is 0 Å². The van der Waals surface area contributed by atoms with Crippen molar-refractivity contribution in [3.8, 4) is 22.8 Å². The smallest absolute Gasteiger partial charge is 0.138 e. The van der Waals surface area contributed by atoms with Gasteiger partial charge in [0.2, 0.25) is 0 Å². The molecule has 8 nitrogen and oxygen atoms in total. The Kier molecular flexibility index (Phi) is 5.78. The number of ether oxygens (including phenoxy) is 1. The van der Waals surface area contributed by atoms with E-state index >= 15 is 0 Å². The van der Waals surface area contributed by atoms with Crippen LogP contribution in [0.15, 0.2) is 84.0 Å². The summed E-state index contributed by atoms with van der Waals surface area (Å²) >= 11 is 0. The maximum atomic E-state index is 6.12. The van der Waals surface area contributed by atoms with Crippen LogP contribution in [0.1, 0.15) is 25.1 Å². The summed E-state index contributed by atoms with van der Waals surface area (Å²) in [6.45, 7) is 4.33. The van der Waals surface area contributed by atoms with Crippen LogP contribution >= 0.6 is 0 Å². The number of aromatic amines is 1. The van der Waals surface area contributed by atoms with Crippen molar-refractivity contribution in [3.63, 3.8) is 0 Å². The summed E-state index contributed by atoms with van der Waals surface area (Å²) in [5.74, 6) is 2.05. The summed E-state index contributed by atoms with van der Waals surface area (Å²) in [5, 5.41) is 8.35. The van der Waals surface area contributed by atoms with Gasteiger partial charge < -0.3 is 15.5 Å². The molecule has 0 bridgehead atoms. The number of nitrogens with one attached hydrogen (secondary N) is 1. The Morgan fingerprint density at radius 3 is 2.62 bits per heavy atom. The number of rotatable bonds is 7. The van der Waals surface area contributed by atoms with Gasteiger partial charge in [0.1, 0.15) is 29.7 Å². The molecule has 5 rings (SSSR count). The first-order valence-corrected chi connectivity index (χ1v) is 11.1. The van der Waals surface area contributed by atoms with Crippen LogP contribution in [-0.4, -0.2) is 36.8 Å². The number of aromatic nitrogens is 5. The molecular formula is C26H25N7O. The Labute approximate surface area is 197 Å². The Hall–Kier alpha value is -4.46. The molecule has 0 atom stereocenters. The molecule has 0 radical (unpaired) electrons. The van der Waals surface area contributed by atoms with Crippen molar-refractivity contribution in [2.45, 2.75) is 26.5 Å². The van der Waals surface area contributed by atoms with E-state index in [9.17, 15) is 0 Å². The lowest BCUT2D eigenvalue weighted by Crippen LogP contribution is -2.15. The number of imidazole rings is 1. The van der Waals surface area contributed by atoms with Crippen molar-refractivity contribution in [2.24, 2.45) is 10.7 Å². The number of hydrogen-bond acceptors (Lipinski definition) is 5. The molecule has 2 heterocycles. The largest absolute Gasteiger partial charge is 0.487 e. The van der Waals surface area contributed by atoms with Gasteiger partial charge in [-0.15, -0.1) is 5.10 Å². The number of para-hydroxylation sites is 1. The van der Waals surface area contributed by atoms with Gasteiger partial charge in [0, 0.05) is 17.2 Å². The van der Waals surface area contributed by atoms with Crippen molar-refractivity contribution in [1.82, 2.24) is 25.0 Å². The molecule has 0 spiro atoms. The molecule has 5 aromatic rings. The second-order valence-electron chi connectivity index (χ2n) is 8.23. The molecule has 0 aliphatic carbocycles. The predicted octanol–water partition coefficient (Wildman–Crippen LogP) is 4.50. The van der Waals surface area contributed by atoms with Gasteiger partial charge in [-0.3, -0.25) is 4.99 Å². The number of nitrogens with zero attached hydrogens (tertiary/aromatic N) is 5. The minimum atomic E-state index is 0.143. The van der Waals surface area contributed by atoms with Crippen LogP contribution in [0.25, 0.3) is 28.1 Å². The van der Waals surface area contributed by atoms with Crippen molar-refractivity contribution >= 4 is 16.9 Å². The number of aliphatic imine (C=N–C) groups is 1. The number of benzene rings is 3. The average molecular weight is 452 g/mol. The number of nitrogens with two attached hydrogens (primary N) is 1. The highest BCUT2D eigenvalue weighted by atomic mass is 16.5. The van der Waals surface area contributed by atoms with Gasteiger partial charge in [-0.1, -0.05) is 23.4 Å². The molecule has 2 aromatic heterocycles. The van der Waals surface area contributed by atoms with Crippen LogP contribution in [0, 0.1) is 0 Å². The Balaban J connectivity index is 1.27. The summed E-state index contributed by atoms with van der Waals surface area (Å²) in [4.78, 5) is 12.5. The summed E-state index contributed by atoms with van der Waals surface area (Å²) in [6, 6.07) is 23.7. The van der Waals surface area contributed by atoms with E-state index in [-0.39, 0.29) is 6.04 Å². The Morgan fingerprint density at radius 1 is 1.06 bits per heavy atom. The summed E-state index contributed by atoms with van der Waals surface area (Å²) in [5.41, 5.74) is 11.5. The molecule has 0 amide bonds. The highest BCUT2D eigenvalue weighted by Crippen LogP contribution is 2.24. The van der Waals surface area contributed by atoms with E-state index < -0.39 is 0 Å². The normalized spacial score (nSPS) is 11.9. The monoisotopic (exact) mass is 451 g/mol. The minimum Gasteiger partial charge on any atom is -0.487 e. The summed E-state index contributed by atoms with van der Waals surface area (Å²) < 4.78 is 7.62. The van der Waals surface area contributed by atoms with Crippen LogP contribution in [0.2, 0.25) is 0 Å². The van der Waals surface area contributed by atoms with Gasteiger partial charge in [-0.25, -0.2) is 9.67 Å². The first kappa shape index (κ1) is 21.4. The van der Waals surface area contributed by atoms with E-state index in [1.807, 2.05) is 92.8 Å². The van der Waals surface area contributed by atoms with Gasteiger partial charge in [-0.05, 0) is 68.4 Å². The molecule has 34 heavy (non-hydrogen) atoms. The van der Waals surface area contributed by atoms with Crippen LogP contribution < -0.4 is 10.5 Å². The van der Waals surface area contributed by atoms with E-state index in [1.54, 1.807) is 4.68 Å². The minimum absolute atomic E-state index is 0.143. The van der Waals surface area contributed by atoms with E-state index in [1.165, 1.54) is 0 Å². The maximum Gasteiger partial charge on any atom is 0.138 e. The number of amidine groups is 1. The van der Waals surface area contributed by atoms with Crippen molar-refractivity contribution in [2.75, 3.05) is 0 Å². The van der Waals surface area contributed by atoms with Crippen LogP contribution in [0.5, 0.6) is 5.75 Å². The topological polar surface area (TPSA) is 107 Å². The fourth-order valence-electron chi connectivity index (χ4n) is 3.60. The zero-order valence-corrected chi connectivity index (χ0v) is 19.0. The lowest BCUT2D eigenvalue weighted by Gasteiger charge is -2.04. The number of H-pyrrole nitrogens is 1.